The van der Waals surface area contributed by atoms with E-state index in [1.165, 1.54) is 18.6 Å². The average Bonchev–Trinajstić information content (AvgIpc) is 2.79. The quantitative estimate of drug-likeness (QED) is 0.777. The molecule has 2 aromatic heterocycles. The molecule has 1 aromatic carbocycles. The molecule has 0 radical (unpaired) electrons. The van der Waals surface area contributed by atoms with Crippen molar-refractivity contribution in [3.8, 4) is 0 Å². The number of aromatic nitrogens is 3. The maximum atomic E-state index is 11.9. The lowest BCUT2D eigenvalue weighted by Gasteiger charge is -2.03. The van der Waals surface area contributed by atoms with Crippen LogP contribution in [0.25, 0.3) is 10.2 Å². The Morgan fingerprint density at radius 2 is 2.21 bits per heavy atom. The second kappa shape index (κ2) is 4.74. The van der Waals surface area contributed by atoms with Gasteiger partial charge in [0.05, 0.1) is 21.4 Å². The molecule has 2 heterocycles. The third-order valence-electron chi connectivity index (χ3n) is 2.55. The van der Waals surface area contributed by atoms with E-state index in [2.05, 4.69) is 20.3 Å². The van der Waals surface area contributed by atoms with E-state index in [9.17, 15) is 4.79 Å². The molecule has 1 amide bonds. The summed E-state index contributed by atoms with van der Waals surface area (Å²) in [5, 5.41) is 3.79. The average molecular weight is 270 g/mol. The molecule has 6 heteroatoms. The highest BCUT2D eigenvalue weighted by Crippen LogP contribution is 2.24. The summed E-state index contributed by atoms with van der Waals surface area (Å²) >= 11 is 1.63. The van der Waals surface area contributed by atoms with Gasteiger partial charge in [-0.3, -0.25) is 9.78 Å². The molecule has 0 saturated heterocycles. The number of anilines is 1. The number of amides is 1. The molecule has 0 bridgehead atoms. The first kappa shape index (κ1) is 11.7. The Labute approximate surface area is 113 Å². The topological polar surface area (TPSA) is 67.8 Å². The lowest BCUT2D eigenvalue weighted by Crippen LogP contribution is -2.13. The molecule has 94 valence electrons. The molecule has 0 spiro atoms. The molecule has 19 heavy (non-hydrogen) atoms. The van der Waals surface area contributed by atoms with Gasteiger partial charge in [0.25, 0.3) is 5.91 Å². The van der Waals surface area contributed by atoms with E-state index in [4.69, 9.17) is 0 Å². The van der Waals surface area contributed by atoms with Crippen LogP contribution in [0.1, 0.15) is 15.5 Å². The van der Waals surface area contributed by atoms with Gasteiger partial charge in [-0.1, -0.05) is 0 Å². The predicted molar refractivity (Wildman–Crippen MR) is 74.3 cm³/mol. The highest BCUT2D eigenvalue weighted by atomic mass is 32.1. The fraction of sp³-hybridized carbons (Fsp3) is 0.0769. The third-order valence-corrected chi connectivity index (χ3v) is 3.50. The Balaban J connectivity index is 1.87. The first-order chi connectivity index (χ1) is 9.22. The zero-order valence-electron chi connectivity index (χ0n) is 10.1. The summed E-state index contributed by atoms with van der Waals surface area (Å²) in [6.07, 6.45) is 4.45. The van der Waals surface area contributed by atoms with Gasteiger partial charge in [-0.25, -0.2) is 9.97 Å². The molecule has 0 aliphatic heterocycles. The minimum absolute atomic E-state index is 0.278. The van der Waals surface area contributed by atoms with Crippen molar-refractivity contribution in [1.29, 1.82) is 0 Å². The molecular formula is C13H10N4OS. The maximum Gasteiger partial charge on any atom is 0.275 e. The van der Waals surface area contributed by atoms with Crippen molar-refractivity contribution in [3.63, 3.8) is 0 Å². The Kier molecular flexibility index (Phi) is 2.92. The Morgan fingerprint density at radius 1 is 1.32 bits per heavy atom. The number of nitrogens with one attached hydrogen (secondary N) is 1. The lowest BCUT2D eigenvalue weighted by molar-refractivity contribution is 0.102. The zero-order valence-corrected chi connectivity index (χ0v) is 10.9. The summed E-state index contributed by atoms with van der Waals surface area (Å²) in [5.74, 6) is -0.278. The summed E-state index contributed by atoms with van der Waals surface area (Å²) in [5.41, 5.74) is 1.88. The molecule has 0 atom stereocenters. The van der Waals surface area contributed by atoms with Crippen LogP contribution in [0.4, 0.5) is 5.69 Å². The highest BCUT2D eigenvalue weighted by Gasteiger charge is 2.08. The van der Waals surface area contributed by atoms with Crippen molar-refractivity contribution in [2.24, 2.45) is 0 Å². The van der Waals surface area contributed by atoms with Gasteiger partial charge in [0.15, 0.2) is 0 Å². The Bertz CT molecular complexity index is 739. The van der Waals surface area contributed by atoms with Gasteiger partial charge in [-0.2, -0.15) is 0 Å². The summed E-state index contributed by atoms with van der Waals surface area (Å²) in [7, 11) is 0. The first-order valence-corrected chi connectivity index (χ1v) is 6.48. The summed E-state index contributed by atoms with van der Waals surface area (Å²) in [6, 6.07) is 5.66. The summed E-state index contributed by atoms with van der Waals surface area (Å²) in [4.78, 5) is 24.1. The van der Waals surface area contributed by atoms with E-state index in [1.807, 2.05) is 25.1 Å². The standard InChI is InChI=1S/C13H10N4OS/c1-8-16-10-6-9(2-3-12(10)19-8)17-13(18)11-7-14-4-5-15-11/h2-7H,1H3,(H,17,18). The zero-order chi connectivity index (χ0) is 13.2. The number of thiazole rings is 1. The largest absolute Gasteiger partial charge is 0.321 e. The first-order valence-electron chi connectivity index (χ1n) is 5.67. The van der Waals surface area contributed by atoms with E-state index in [0.29, 0.717) is 5.69 Å². The molecular weight excluding hydrogens is 260 g/mol. The van der Waals surface area contributed by atoms with Crippen LogP contribution in [-0.4, -0.2) is 20.9 Å². The smallest absolute Gasteiger partial charge is 0.275 e. The van der Waals surface area contributed by atoms with E-state index in [-0.39, 0.29) is 11.6 Å². The number of carbonyl (C=O) groups is 1. The van der Waals surface area contributed by atoms with Crippen LogP contribution in [0.3, 0.4) is 0 Å². The lowest BCUT2D eigenvalue weighted by atomic mass is 10.3. The number of carbonyl (C=O) groups excluding carboxylic acids is 1. The van der Waals surface area contributed by atoms with Crippen LogP contribution in [0, 0.1) is 6.92 Å². The molecule has 5 nitrogen and oxygen atoms in total. The highest BCUT2D eigenvalue weighted by molar-refractivity contribution is 7.18. The maximum absolute atomic E-state index is 11.9. The van der Waals surface area contributed by atoms with Gasteiger partial charge in [0.1, 0.15) is 5.69 Å². The van der Waals surface area contributed by atoms with Crippen molar-refractivity contribution in [2.45, 2.75) is 6.92 Å². The van der Waals surface area contributed by atoms with Crippen molar-refractivity contribution >= 4 is 33.1 Å². The fourth-order valence-electron chi connectivity index (χ4n) is 1.73. The van der Waals surface area contributed by atoms with Gasteiger partial charge in [0, 0.05) is 18.1 Å². The van der Waals surface area contributed by atoms with Crippen LogP contribution < -0.4 is 5.32 Å². The number of rotatable bonds is 2. The summed E-state index contributed by atoms with van der Waals surface area (Å²) < 4.78 is 1.11. The third kappa shape index (κ3) is 2.43. The van der Waals surface area contributed by atoms with Crippen LogP contribution in [0.2, 0.25) is 0 Å². The van der Waals surface area contributed by atoms with Gasteiger partial charge in [-0.05, 0) is 25.1 Å². The number of nitrogens with zero attached hydrogens (tertiary/aromatic N) is 3. The number of benzene rings is 1. The molecule has 3 rings (SSSR count). The molecule has 0 fully saturated rings. The van der Waals surface area contributed by atoms with Crippen molar-refractivity contribution in [1.82, 2.24) is 15.0 Å². The van der Waals surface area contributed by atoms with Crippen LogP contribution in [0.15, 0.2) is 36.8 Å². The van der Waals surface area contributed by atoms with Crippen LogP contribution in [0.5, 0.6) is 0 Å². The van der Waals surface area contributed by atoms with Gasteiger partial charge < -0.3 is 5.32 Å². The molecule has 0 unspecified atom stereocenters. The SMILES string of the molecule is Cc1nc2cc(NC(=O)c3cnccn3)ccc2s1. The molecule has 3 aromatic rings. The van der Waals surface area contributed by atoms with Crippen molar-refractivity contribution < 1.29 is 4.79 Å². The molecule has 1 N–H and O–H groups in total. The number of fused-ring (bicyclic) bond motifs is 1. The van der Waals surface area contributed by atoms with Crippen molar-refractivity contribution in [2.75, 3.05) is 5.32 Å². The summed E-state index contributed by atoms with van der Waals surface area (Å²) in [6.45, 7) is 1.96. The predicted octanol–water partition coefficient (Wildman–Crippen LogP) is 2.65. The Hall–Kier alpha value is -2.34. The van der Waals surface area contributed by atoms with E-state index in [0.717, 1.165) is 15.2 Å². The molecule has 0 aliphatic carbocycles. The monoisotopic (exact) mass is 270 g/mol. The van der Waals surface area contributed by atoms with E-state index in [1.54, 1.807) is 11.3 Å². The normalized spacial score (nSPS) is 10.6. The van der Waals surface area contributed by atoms with E-state index < -0.39 is 0 Å². The molecule has 0 saturated carbocycles. The van der Waals surface area contributed by atoms with Crippen molar-refractivity contribution in [3.05, 3.63) is 47.5 Å². The number of hydrogen-bond donors (Lipinski definition) is 1. The number of aryl methyl sites for hydroxylation is 1. The van der Waals surface area contributed by atoms with Gasteiger partial charge >= 0.3 is 0 Å². The van der Waals surface area contributed by atoms with Gasteiger partial charge in [0.2, 0.25) is 0 Å². The minimum Gasteiger partial charge on any atom is -0.321 e. The fourth-order valence-corrected chi connectivity index (χ4v) is 2.54. The van der Waals surface area contributed by atoms with E-state index >= 15 is 0 Å². The second-order valence-corrected chi connectivity index (χ2v) is 5.19. The second-order valence-electron chi connectivity index (χ2n) is 3.96. The number of hydrogen-bond acceptors (Lipinski definition) is 5. The minimum atomic E-state index is -0.278. The van der Waals surface area contributed by atoms with Crippen LogP contribution >= 0.6 is 11.3 Å². The van der Waals surface area contributed by atoms with Crippen LogP contribution in [-0.2, 0) is 0 Å². The molecule has 0 aliphatic rings. The Morgan fingerprint density at radius 3 is 3.00 bits per heavy atom. The van der Waals surface area contributed by atoms with Gasteiger partial charge in [-0.15, -0.1) is 11.3 Å².